The molecule has 2 aromatic rings. The number of anilines is 1. The maximum absolute atomic E-state index is 12.9. The highest BCUT2D eigenvalue weighted by atomic mass is 35.5. The van der Waals surface area contributed by atoms with Crippen LogP contribution in [0.4, 0.5) is 18.9 Å². The van der Waals surface area contributed by atoms with E-state index in [1.165, 1.54) is 23.9 Å². The highest BCUT2D eigenvalue weighted by Gasteiger charge is 2.36. The molecule has 0 saturated carbocycles. The third-order valence-corrected chi connectivity index (χ3v) is 6.29. The molecule has 1 amide bonds. The van der Waals surface area contributed by atoms with Crippen molar-refractivity contribution < 1.29 is 18.0 Å². The average Bonchev–Trinajstić information content (AvgIpc) is 2.71. The van der Waals surface area contributed by atoms with E-state index in [2.05, 4.69) is 43.1 Å². The number of rotatable bonds is 6. The third kappa shape index (κ3) is 5.88. The van der Waals surface area contributed by atoms with Gasteiger partial charge in [0.25, 0.3) is 0 Å². The van der Waals surface area contributed by atoms with Crippen LogP contribution >= 0.6 is 11.6 Å². The van der Waals surface area contributed by atoms with Crippen molar-refractivity contribution in [3.05, 3.63) is 63.7 Å². The monoisotopic (exact) mass is 479 g/mol. The van der Waals surface area contributed by atoms with E-state index < -0.39 is 17.6 Å². The number of carbonyl (C=O) groups is 1. The fraction of sp³-hybridized carbons (Fsp3) is 0.440. The van der Waals surface area contributed by atoms with Gasteiger partial charge >= 0.3 is 6.18 Å². The second-order valence-corrected chi connectivity index (χ2v) is 9.58. The van der Waals surface area contributed by atoms with Crippen molar-refractivity contribution in [2.24, 2.45) is 5.10 Å². The third-order valence-electron chi connectivity index (χ3n) is 5.96. The van der Waals surface area contributed by atoms with Gasteiger partial charge in [0.1, 0.15) is 0 Å². The van der Waals surface area contributed by atoms with Crippen molar-refractivity contribution in [1.82, 2.24) is 5.43 Å². The molecule has 0 saturated heterocycles. The summed E-state index contributed by atoms with van der Waals surface area (Å²) in [4.78, 5) is 14.6. The van der Waals surface area contributed by atoms with Gasteiger partial charge in [-0.25, -0.2) is 5.43 Å². The van der Waals surface area contributed by atoms with Gasteiger partial charge in [0.05, 0.1) is 23.2 Å². The Labute approximate surface area is 197 Å². The van der Waals surface area contributed by atoms with E-state index in [0.29, 0.717) is 16.5 Å². The Bertz CT molecular complexity index is 1050. The molecule has 0 aromatic heterocycles. The summed E-state index contributed by atoms with van der Waals surface area (Å²) in [5.74, 6) is -0.174. The average molecular weight is 480 g/mol. The van der Waals surface area contributed by atoms with Crippen LogP contribution in [0.5, 0.6) is 0 Å². The molecule has 1 heterocycles. The largest absolute Gasteiger partial charge is 0.416 e. The molecule has 1 atom stereocenters. The molecule has 0 radical (unpaired) electrons. The number of amides is 1. The number of hydrogen-bond acceptors (Lipinski definition) is 3. The first-order valence-electron chi connectivity index (χ1n) is 11.0. The quantitative estimate of drug-likeness (QED) is 0.377. The van der Waals surface area contributed by atoms with Crippen molar-refractivity contribution in [1.29, 1.82) is 0 Å². The Kier molecular flexibility index (Phi) is 7.42. The summed E-state index contributed by atoms with van der Waals surface area (Å²) in [5, 5.41) is 4.51. The SMILES string of the molecule is CCCN1c2cc(Cl)c(/C=N/NC(=O)Cc3cccc(C(F)(F)F)c3)cc2C(C)CC1(C)C. The summed E-state index contributed by atoms with van der Waals surface area (Å²) in [6.45, 7) is 9.76. The molecule has 0 bridgehead atoms. The number of alkyl halides is 3. The van der Waals surface area contributed by atoms with Gasteiger partial charge in [-0.15, -0.1) is 0 Å². The van der Waals surface area contributed by atoms with Gasteiger partial charge in [0.15, 0.2) is 0 Å². The molecule has 8 heteroatoms. The summed E-state index contributed by atoms with van der Waals surface area (Å²) in [6.07, 6.45) is -1.16. The first kappa shape index (κ1) is 25.1. The fourth-order valence-corrected chi connectivity index (χ4v) is 4.73. The normalized spacial score (nSPS) is 17.8. The van der Waals surface area contributed by atoms with Gasteiger partial charge in [-0.2, -0.15) is 18.3 Å². The number of nitrogens with zero attached hydrogens (tertiary/aromatic N) is 2. The molecule has 1 N–H and O–H groups in total. The van der Waals surface area contributed by atoms with E-state index in [1.807, 2.05) is 12.1 Å². The van der Waals surface area contributed by atoms with E-state index in [-0.39, 0.29) is 17.5 Å². The fourth-order valence-electron chi connectivity index (χ4n) is 4.52. The second kappa shape index (κ2) is 9.75. The summed E-state index contributed by atoms with van der Waals surface area (Å²) in [6, 6.07) is 8.66. The number of nitrogens with one attached hydrogen (secondary N) is 1. The van der Waals surface area contributed by atoms with Crippen LogP contribution in [-0.2, 0) is 17.4 Å². The number of hydrogen-bond donors (Lipinski definition) is 1. The standard InChI is InChI=1S/C25H29ClF3N3O/c1-5-9-32-22-13-21(26)18(12-20(22)16(2)14-24(32,3)4)15-30-31-23(33)11-17-7-6-8-19(10-17)25(27,28)29/h6-8,10,12-13,15-16H,5,9,11,14H2,1-4H3,(H,31,33)/b30-15+. The lowest BCUT2D eigenvalue weighted by molar-refractivity contribution is -0.137. The van der Waals surface area contributed by atoms with Crippen molar-refractivity contribution in [3.8, 4) is 0 Å². The molecular formula is C25H29ClF3N3O. The van der Waals surface area contributed by atoms with Crippen LogP contribution < -0.4 is 10.3 Å². The van der Waals surface area contributed by atoms with Gasteiger partial charge in [-0.3, -0.25) is 4.79 Å². The highest BCUT2D eigenvalue weighted by Crippen LogP contribution is 2.45. The highest BCUT2D eigenvalue weighted by molar-refractivity contribution is 6.33. The van der Waals surface area contributed by atoms with Gasteiger partial charge in [-0.05, 0) is 61.9 Å². The second-order valence-electron chi connectivity index (χ2n) is 9.17. The zero-order valence-corrected chi connectivity index (χ0v) is 20.0. The maximum Gasteiger partial charge on any atom is 0.416 e. The number of carbonyl (C=O) groups excluding carboxylic acids is 1. The predicted octanol–water partition coefficient (Wildman–Crippen LogP) is 6.55. The van der Waals surface area contributed by atoms with Crippen LogP contribution in [0, 0.1) is 0 Å². The van der Waals surface area contributed by atoms with Gasteiger partial charge < -0.3 is 4.90 Å². The van der Waals surface area contributed by atoms with Crippen molar-refractivity contribution in [3.63, 3.8) is 0 Å². The molecule has 0 fully saturated rings. The molecule has 0 aliphatic carbocycles. The van der Waals surface area contributed by atoms with Crippen LogP contribution in [0.15, 0.2) is 41.5 Å². The van der Waals surface area contributed by atoms with Gasteiger partial charge in [0.2, 0.25) is 5.91 Å². The smallest absolute Gasteiger partial charge is 0.366 e. The number of benzene rings is 2. The number of hydrazone groups is 1. The van der Waals surface area contributed by atoms with E-state index in [1.54, 1.807) is 0 Å². The molecule has 4 nitrogen and oxygen atoms in total. The van der Waals surface area contributed by atoms with Crippen molar-refractivity contribution in [2.45, 2.75) is 64.6 Å². The molecular weight excluding hydrogens is 451 g/mol. The lowest BCUT2D eigenvalue weighted by atomic mass is 9.79. The predicted molar refractivity (Wildman–Crippen MR) is 127 cm³/mol. The summed E-state index contributed by atoms with van der Waals surface area (Å²) < 4.78 is 38.6. The van der Waals surface area contributed by atoms with Gasteiger partial charge in [0, 0.05) is 23.3 Å². The van der Waals surface area contributed by atoms with Crippen LogP contribution in [0.1, 0.15) is 68.7 Å². The molecule has 178 valence electrons. The Hall–Kier alpha value is -2.54. The van der Waals surface area contributed by atoms with E-state index in [0.717, 1.165) is 37.2 Å². The Morgan fingerprint density at radius 3 is 2.70 bits per heavy atom. The van der Waals surface area contributed by atoms with Crippen molar-refractivity contribution >= 4 is 29.4 Å². The maximum atomic E-state index is 12.9. The van der Waals surface area contributed by atoms with Crippen molar-refractivity contribution in [2.75, 3.05) is 11.4 Å². The minimum atomic E-state index is -4.45. The first-order valence-corrected chi connectivity index (χ1v) is 11.4. The zero-order chi connectivity index (χ0) is 24.4. The van der Waals surface area contributed by atoms with E-state index in [9.17, 15) is 18.0 Å². The van der Waals surface area contributed by atoms with Crippen LogP contribution in [0.3, 0.4) is 0 Å². The summed E-state index contributed by atoms with van der Waals surface area (Å²) >= 11 is 6.54. The van der Waals surface area contributed by atoms with Crippen LogP contribution in [0.25, 0.3) is 0 Å². The lowest BCUT2D eigenvalue weighted by Crippen LogP contribution is -2.48. The Morgan fingerprint density at radius 1 is 1.30 bits per heavy atom. The van der Waals surface area contributed by atoms with E-state index >= 15 is 0 Å². The van der Waals surface area contributed by atoms with E-state index in [4.69, 9.17) is 11.6 Å². The lowest BCUT2D eigenvalue weighted by Gasteiger charge is -2.47. The molecule has 1 unspecified atom stereocenters. The minimum Gasteiger partial charge on any atom is -0.366 e. The molecule has 2 aromatic carbocycles. The Morgan fingerprint density at radius 2 is 2.03 bits per heavy atom. The zero-order valence-electron chi connectivity index (χ0n) is 19.3. The molecule has 1 aliphatic heterocycles. The molecule has 3 rings (SSSR count). The molecule has 1 aliphatic rings. The number of fused-ring (bicyclic) bond motifs is 1. The summed E-state index contributed by atoms with van der Waals surface area (Å²) in [7, 11) is 0. The first-order chi connectivity index (χ1) is 15.4. The summed E-state index contributed by atoms with van der Waals surface area (Å²) in [5.41, 5.74) is 4.86. The van der Waals surface area contributed by atoms with Gasteiger partial charge in [-0.1, -0.05) is 43.6 Å². The topological polar surface area (TPSA) is 44.7 Å². The van der Waals surface area contributed by atoms with Crippen LogP contribution in [0.2, 0.25) is 5.02 Å². The Balaban J connectivity index is 1.73. The minimum absolute atomic E-state index is 0.0265. The number of halogens is 4. The van der Waals surface area contributed by atoms with Crippen LogP contribution in [-0.4, -0.2) is 24.2 Å². The molecule has 33 heavy (non-hydrogen) atoms. The molecule has 0 spiro atoms.